The summed E-state index contributed by atoms with van der Waals surface area (Å²) < 4.78 is 0. The maximum Gasteiger partial charge on any atom is 0.184 e. The molecule has 70 valence electrons. The van der Waals surface area contributed by atoms with Crippen molar-refractivity contribution in [2.75, 3.05) is 0 Å². The Balaban J connectivity index is 2.38. The van der Waals surface area contributed by atoms with E-state index in [-0.39, 0.29) is 11.2 Å². The van der Waals surface area contributed by atoms with Crippen LogP contribution in [0.4, 0.5) is 0 Å². The summed E-state index contributed by atoms with van der Waals surface area (Å²) in [6.45, 7) is 1.99. The lowest BCUT2D eigenvalue weighted by Gasteiger charge is -2.42. The van der Waals surface area contributed by atoms with Gasteiger partial charge in [-0.3, -0.25) is 4.79 Å². The highest BCUT2D eigenvalue weighted by atomic mass is 16.3. The van der Waals surface area contributed by atoms with Crippen molar-refractivity contribution in [2.45, 2.75) is 25.9 Å². The number of ketones is 1. The third-order valence-electron chi connectivity index (χ3n) is 3.35. The molecule has 1 unspecified atom stereocenters. The molecule has 0 aromatic rings. The van der Waals surface area contributed by atoms with E-state index in [4.69, 9.17) is 0 Å². The number of hydrogen-bond donors (Lipinski definition) is 1. The summed E-state index contributed by atoms with van der Waals surface area (Å²) in [6.07, 6.45) is 8.58. The number of rotatable bonds is 0. The van der Waals surface area contributed by atoms with Crippen LogP contribution in [0, 0.1) is 11.3 Å². The zero-order valence-electron chi connectivity index (χ0n) is 7.73. The van der Waals surface area contributed by atoms with Gasteiger partial charge in [0.15, 0.2) is 5.78 Å². The van der Waals surface area contributed by atoms with E-state index >= 15 is 0 Å². The van der Waals surface area contributed by atoms with Gasteiger partial charge in [0.1, 0.15) is 6.10 Å². The Labute approximate surface area is 78.0 Å². The largest absolute Gasteiger partial charge is 0.384 e. The van der Waals surface area contributed by atoms with Crippen LogP contribution in [-0.2, 0) is 4.79 Å². The Bertz CT molecular complexity index is 290. The van der Waals surface area contributed by atoms with Crippen LogP contribution in [-0.4, -0.2) is 17.0 Å². The van der Waals surface area contributed by atoms with Crippen molar-refractivity contribution in [3.8, 4) is 0 Å². The third kappa shape index (κ3) is 1.17. The van der Waals surface area contributed by atoms with E-state index in [0.717, 1.165) is 12.8 Å². The number of carbonyl (C=O) groups excluding carboxylic acids is 1. The molecule has 0 aromatic heterocycles. The minimum Gasteiger partial charge on any atom is -0.384 e. The van der Waals surface area contributed by atoms with Crippen LogP contribution in [0.2, 0.25) is 0 Å². The van der Waals surface area contributed by atoms with Crippen molar-refractivity contribution >= 4 is 5.78 Å². The lowest BCUT2D eigenvalue weighted by atomic mass is 9.63. The van der Waals surface area contributed by atoms with Gasteiger partial charge in [0.2, 0.25) is 0 Å². The fourth-order valence-corrected chi connectivity index (χ4v) is 2.24. The maximum atomic E-state index is 11.3. The summed E-state index contributed by atoms with van der Waals surface area (Å²) >= 11 is 0. The summed E-state index contributed by atoms with van der Waals surface area (Å²) in [7, 11) is 0. The Morgan fingerprint density at radius 3 is 3.08 bits per heavy atom. The molecule has 0 amide bonds. The Hall–Kier alpha value is -0.890. The van der Waals surface area contributed by atoms with Gasteiger partial charge in [0.25, 0.3) is 0 Å². The number of fused-ring (bicyclic) bond motifs is 1. The molecule has 0 heterocycles. The molecule has 0 bridgehead atoms. The highest BCUT2D eigenvalue weighted by molar-refractivity contribution is 5.95. The molecule has 2 aliphatic rings. The first kappa shape index (κ1) is 8.70. The van der Waals surface area contributed by atoms with Crippen LogP contribution in [0.3, 0.4) is 0 Å². The molecule has 2 aliphatic carbocycles. The molecule has 0 aliphatic heterocycles. The molecule has 0 fully saturated rings. The standard InChI is InChI=1S/C11H14O2/c1-11-7-3-2-4-8(11)5-6-9(12)10(11)13/h2-3,5-6,8,10,13H,4,7H2,1H3/t8?,10-,11+/m0/s1. The molecule has 3 atom stereocenters. The highest BCUT2D eigenvalue weighted by Gasteiger charge is 2.44. The van der Waals surface area contributed by atoms with Crippen molar-refractivity contribution in [3.63, 3.8) is 0 Å². The van der Waals surface area contributed by atoms with Crippen molar-refractivity contribution in [2.24, 2.45) is 11.3 Å². The van der Waals surface area contributed by atoms with E-state index in [1.807, 2.05) is 13.0 Å². The van der Waals surface area contributed by atoms with Gasteiger partial charge in [-0.15, -0.1) is 0 Å². The molecule has 13 heavy (non-hydrogen) atoms. The smallest absolute Gasteiger partial charge is 0.184 e. The first-order chi connectivity index (χ1) is 6.14. The molecule has 0 saturated heterocycles. The van der Waals surface area contributed by atoms with Gasteiger partial charge in [-0.2, -0.15) is 0 Å². The van der Waals surface area contributed by atoms with E-state index in [1.54, 1.807) is 0 Å². The van der Waals surface area contributed by atoms with Gasteiger partial charge in [0.05, 0.1) is 0 Å². The van der Waals surface area contributed by atoms with Crippen molar-refractivity contribution in [3.05, 3.63) is 24.3 Å². The average molecular weight is 178 g/mol. The van der Waals surface area contributed by atoms with Crippen molar-refractivity contribution < 1.29 is 9.90 Å². The molecule has 2 nitrogen and oxygen atoms in total. The number of aliphatic hydroxyl groups excluding tert-OH is 1. The summed E-state index contributed by atoms with van der Waals surface area (Å²) in [5, 5.41) is 9.80. The molecule has 2 rings (SSSR count). The van der Waals surface area contributed by atoms with E-state index in [9.17, 15) is 9.90 Å². The predicted molar refractivity (Wildman–Crippen MR) is 50.1 cm³/mol. The summed E-state index contributed by atoms with van der Waals surface area (Å²) in [6, 6.07) is 0. The molecular formula is C11H14O2. The Morgan fingerprint density at radius 1 is 1.54 bits per heavy atom. The summed E-state index contributed by atoms with van der Waals surface area (Å²) in [5.74, 6) is 0.180. The van der Waals surface area contributed by atoms with E-state index in [1.165, 1.54) is 6.08 Å². The van der Waals surface area contributed by atoms with Crippen LogP contribution in [0.25, 0.3) is 0 Å². The van der Waals surface area contributed by atoms with Gasteiger partial charge in [0, 0.05) is 5.41 Å². The third-order valence-corrected chi connectivity index (χ3v) is 3.35. The fraction of sp³-hybridized carbons (Fsp3) is 0.545. The van der Waals surface area contributed by atoms with Crippen molar-refractivity contribution in [1.29, 1.82) is 0 Å². The van der Waals surface area contributed by atoms with Crippen molar-refractivity contribution in [1.82, 2.24) is 0 Å². The first-order valence-electron chi connectivity index (χ1n) is 4.70. The average Bonchev–Trinajstić information content (AvgIpc) is 2.13. The summed E-state index contributed by atoms with van der Waals surface area (Å²) in [4.78, 5) is 11.3. The molecule has 2 heteroatoms. The number of allylic oxidation sites excluding steroid dienone is 3. The first-order valence-corrected chi connectivity index (χ1v) is 4.70. The predicted octanol–water partition coefficient (Wildman–Crippen LogP) is 1.46. The van der Waals surface area contributed by atoms with Gasteiger partial charge in [-0.25, -0.2) is 0 Å². The topological polar surface area (TPSA) is 37.3 Å². The quantitative estimate of drug-likeness (QED) is 0.570. The zero-order valence-corrected chi connectivity index (χ0v) is 7.73. The lowest BCUT2D eigenvalue weighted by Crippen LogP contribution is -2.46. The second-order valence-corrected chi connectivity index (χ2v) is 4.19. The second kappa shape index (κ2) is 2.81. The normalized spacial score (nSPS) is 43.4. The van der Waals surface area contributed by atoms with Gasteiger partial charge >= 0.3 is 0 Å². The molecular weight excluding hydrogens is 164 g/mol. The molecule has 0 spiro atoms. The van der Waals surface area contributed by atoms with Crippen LogP contribution < -0.4 is 0 Å². The van der Waals surface area contributed by atoms with E-state index < -0.39 is 6.10 Å². The fourth-order valence-electron chi connectivity index (χ4n) is 2.24. The number of hydrogen-bond acceptors (Lipinski definition) is 2. The number of carbonyl (C=O) groups is 1. The Kier molecular flexibility index (Phi) is 1.88. The van der Waals surface area contributed by atoms with Gasteiger partial charge in [-0.05, 0) is 24.8 Å². The highest BCUT2D eigenvalue weighted by Crippen LogP contribution is 2.44. The van der Waals surface area contributed by atoms with Crippen LogP contribution in [0.5, 0.6) is 0 Å². The summed E-state index contributed by atoms with van der Waals surface area (Å²) in [5.41, 5.74) is -0.263. The number of aliphatic hydroxyl groups is 1. The van der Waals surface area contributed by atoms with Crippen LogP contribution >= 0.6 is 0 Å². The Morgan fingerprint density at radius 2 is 2.31 bits per heavy atom. The second-order valence-electron chi connectivity index (χ2n) is 4.19. The monoisotopic (exact) mass is 178 g/mol. The maximum absolute atomic E-state index is 11.3. The molecule has 0 radical (unpaired) electrons. The van der Waals surface area contributed by atoms with Crippen LogP contribution in [0.15, 0.2) is 24.3 Å². The SMILES string of the molecule is C[C@@]12CC=CCC1C=CC(=O)[C@@H]2O. The minimum absolute atomic E-state index is 0.144. The molecule has 1 N–H and O–H groups in total. The minimum atomic E-state index is -0.813. The van der Waals surface area contributed by atoms with Crippen LogP contribution in [0.1, 0.15) is 19.8 Å². The van der Waals surface area contributed by atoms with E-state index in [0.29, 0.717) is 5.92 Å². The molecule has 0 aromatic carbocycles. The molecule has 0 saturated carbocycles. The van der Waals surface area contributed by atoms with Gasteiger partial charge in [-0.1, -0.05) is 25.2 Å². The van der Waals surface area contributed by atoms with E-state index in [2.05, 4.69) is 12.2 Å². The lowest BCUT2D eigenvalue weighted by molar-refractivity contribution is -0.132. The van der Waals surface area contributed by atoms with Gasteiger partial charge < -0.3 is 5.11 Å². The zero-order chi connectivity index (χ0) is 9.47.